The van der Waals surface area contributed by atoms with Crippen LogP contribution in [0.3, 0.4) is 0 Å². The van der Waals surface area contributed by atoms with Crippen molar-refractivity contribution in [3.8, 4) is 5.75 Å². The predicted octanol–water partition coefficient (Wildman–Crippen LogP) is 1.72. The molecule has 1 aromatic rings. The topological polar surface area (TPSA) is 52.6 Å². The number of carbonyl (C=O) groups is 1. The van der Waals surface area contributed by atoms with E-state index in [1.54, 1.807) is 6.92 Å². The number of ether oxygens (including phenoxy) is 2. The van der Waals surface area contributed by atoms with Gasteiger partial charge in [-0.2, -0.15) is 0 Å². The molecule has 2 unspecified atom stereocenters. The van der Waals surface area contributed by atoms with E-state index in [0.717, 1.165) is 25.2 Å². The molecule has 0 aliphatic carbocycles. The van der Waals surface area contributed by atoms with Crippen LogP contribution in [0.4, 0.5) is 0 Å². The molecule has 0 radical (unpaired) electrons. The fourth-order valence-electron chi connectivity index (χ4n) is 2.26. The Kier molecular flexibility index (Phi) is 5.17. The zero-order chi connectivity index (χ0) is 14.5. The Balaban J connectivity index is 1.83. The van der Waals surface area contributed by atoms with E-state index in [0.29, 0.717) is 11.5 Å². The third-order valence-corrected chi connectivity index (χ3v) is 4.94. The highest BCUT2D eigenvalue weighted by atomic mass is 32.2. The Morgan fingerprint density at radius 1 is 1.50 bits per heavy atom. The van der Waals surface area contributed by atoms with E-state index in [4.69, 9.17) is 4.74 Å². The molecule has 110 valence electrons. The molecule has 0 saturated carbocycles. The highest BCUT2D eigenvalue weighted by molar-refractivity contribution is 7.85. The first-order valence-electron chi connectivity index (χ1n) is 6.77. The van der Waals surface area contributed by atoms with E-state index < -0.39 is 10.8 Å². The number of benzene rings is 1. The molecule has 5 heteroatoms. The van der Waals surface area contributed by atoms with Crippen LogP contribution in [0.2, 0.25) is 0 Å². The van der Waals surface area contributed by atoms with E-state index in [9.17, 15) is 9.00 Å². The molecule has 1 aliphatic heterocycles. The Morgan fingerprint density at radius 3 is 3.05 bits per heavy atom. The number of fused-ring (bicyclic) bond motifs is 1. The second-order valence-electron chi connectivity index (χ2n) is 5.03. The summed E-state index contributed by atoms with van der Waals surface area (Å²) in [6, 6.07) is 6.13. The van der Waals surface area contributed by atoms with E-state index in [1.807, 2.05) is 12.1 Å². The molecule has 4 nitrogen and oxygen atoms in total. The van der Waals surface area contributed by atoms with Gasteiger partial charge in [0.05, 0.1) is 19.6 Å². The number of methoxy groups -OCH3 is 1. The number of hydrogen-bond donors (Lipinski definition) is 0. The summed E-state index contributed by atoms with van der Waals surface area (Å²) in [5.74, 6) is 1.29. The first kappa shape index (κ1) is 15.0. The van der Waals surface area contributed by atoms with E-state index in [2.05, 4.69) is 10.8 Å². The van der Waals surface area contributed by atoms with Crippen LogP contribution in [0, 0.1) is 5.92 Å². The molecule has 1 heterocycles. The Labute approximate surface area is 121 Å². The standard InChI is InChI=1S/C15H20O4S/c1-11(15(16)18-2)10-20(17)8-6-12-3-4-14-13(9-12)5-7-19-14/h3-4,9,11H,5-8,10H2,1-2H3. The molecule has 1 aromatic carbocycles. The summed E-state index contributed by atoms with van der Waals surface area (Å²) in [6.45, 7) is 2.50. The normalized spacial score (nSPS) is 16.1. The van der Waals surface area contributed by atoms with Crippen molar-refractivity contribution in [1.29, 1.82) is 0 Å². The minimum atomic E-state index is -1.00. The van der Waals surface area contributed by atoms with E-state index in [-0.39, 0.29) is 11.9 Å². The zero-order valence-electron chi connectivity index (χ0n) is 11.9. The maximum Gasteiger partial charge on any atom is 0.309 e. The van der Waals surface area contributed by atoms with Crippen LogP contribution in [-0.2, 0) is 33.2 Å². The molecule has 0 aromatic heterocycles. The molecule has 1 aliphatic rings. The van der Waals surface area contributed by atoms with Gasteiger partial charge >= 0.3 is 5.97 Å². The largest absolute Gasteiger partial charge is 0.493 e. The van der Waals surface area contributed by atoms with Gasteiger partial charge in [-0.3, -0.25) is 9.00 Å². The van der Waals surface area contributed by atoms with Crippen LogP contribution in [-0.4, -0.2) is 35.4 Å². The second kappa shape index (κ2) is 6.88. The summed E-state index contributed by atoms with van der Waals surface area (Å²) in [5, 5.41) is 0. The zero-order valence-corrected chi connectivity index (χ0v) is 12.7. The van der Waals surface area contributed by atoms with Crippen LogP contribution in [0.5, 0.6) is 5.75 Å². The lowest BCUT2D eigenvalue weighted by Gasteiger charge is -2.09. The molecular formula is C15H20O4S. The molecular weight excluding hydrogens is 276 g/mol. The van der Waals surface area contributed by atoms with E-state index in [1.165, 1.54) is 18.2 Å². The van der Waals surface area contributed by atoms with Crippen LogP contribution >= 0.6 is 0 Å². The van der Waals surface area contributed by atoms with Crippen LogP contribution in [0.25, 0.3) is 0 Å². The molecule has 0 spiro atoms. The fraction of sp³-hybridized carbons (Fsp3) is 0.533. The van der Waals surface area contributed by atoms with Crippen molar-refractivity contribution in [2.45, 2.75) is 19.8 Å². The SMILES string of the molecule is COC(=O)C(C)CS(=O)CCc1ccc2c(c1)CCO2. The highest BCUT2D eigenvalue weighted by Gasteiger charge is 2.17. The fourth-order valence-corrected chi connectivity index (χ4v) is 3.58. The van der Waals surface area contributed by atoms with Crippen molar-refractivity contribution in [2.24, 2.45) is 5.92 Å². The molecule has 0 fully saturated rings. The van der Waals surface area contributed by atoms with Gasteiger partial charge in [-0.05, 0) is 23.6 Å². The van der Waals surface area contributed by atoms with Crippen molar-refractivity contribution in [2.75, 3.05) is 25.2 Å². The molecule has 2 rings (SSSR count). The predicted molar refractivity (Wildman–Crippen MR) is 78.4 cm³/mol. The molecule has 0 amide bonds. The Hall–Kier alpha value is -1.36. The van der Waals surface area contributed by atoms with Crippen molar-refractivity contribution in [3.63, 3.8) is 0 Å². The lowest BCUT2D eigenvalue weighted by Crippen LogP contribution is -2.21. The molecule has 0 saturated heterocycles. The van der Waals surface area contributed by atoms with Gasteiger partial charge in [0.15, 0.2) is 0 Å². The molecule has 0 bridgehead atoms. The van der Waals surface area contributed by atoms with Gasteiger partial charge in [0.25, 0.3) is 0 Å². The minimum Gasteiger partial charge on any atom is -0.493 e. The second-order valence-corrected chi connectivity index (χ2v) is 6.65. The van der Waals surface area contributed by atoms with Gasteiger partial charge in [0.2, 0.25) is 0 Å². The van der Waals surface area contributed by atoms with Gasteiger partial charge in [-0.25, -0.2) is 0 Å². The lowest BCUT2D eigenvalue weighted by atomic mass is 10.1. The quantitative estimate of drug-likeness (QED) is 0.750. The average molecular weight is 296 g/mol. The Bertz CT molecular complexity index is 513. The summed E-state index contributed by atoms with van der Waals surface area (Å²) in [7, 11) is 0.352. The van der Waals surface area contributed by atoms with Gasteiger partial charge in [-0.1, -0.05) is 19.1 Å². The van der Waals surface area contributed by atoms with Crippen molar-refractivity contribution in [3.05, 3.63) is 29.3 Å². The van der Waals surface area contributed by atoms with Gasteiger partial charge in [0, 0.05) is 28.7 Å². The summed E-state index contributed by atoms with van der Waals surface area (Å²) in [5.41, 5.74) is 2.41. The third kappa shape index (κ3) is 3.82. The number of rotatable bonds is 6. The highest BCUT2D eigenvalue weighted by Crippen LogP contribution is 2.26. The number of hydrogen-bond acceptors (Lipinski definition) is 4. The number of carbonyl (C=O) groups excluding carboxylic acids is 1. The van der Waals surface area contributed by atoms with E-state index >= 15 is 0 Å². The first-order chi connectivity index (χ1) is 9.60. The van der Waals surface area contributed by atoms with Crippen LogP contribution in [0.1, 0.15) is 18.1 Å². The van der Waals surface area contributed by atoms with Gasteiger partial charge in [-0.15, -0.1) is 0 Å². The third-order valence-electron chi connectivity index (χ3n) is 3.41. The van der Waals surface area contributed by atoms with Gasteiger partial charge in [0.1, 0.15) is 5.75 Å². The smallest absolute Gasteiger partial charge is 0.309 e. The summed E-state index contributed by atoms with van der Waals surface area (Å²) in [4.78, 5) is 11.3. The van der Waals surface area contributed by atoms with Gasteiger partial charge < -0.3 is 9.47 Å². The van der Waals surface area contributed by atoms with Crippen molar-refractivity contribution < 1.29 is 18.5 Å². The van der Waals surface area contributed by atoms with Crippen molar-refractivity contribution >= 4 is 16.8 Å². The summed E-state index contributed by atoms with van der Waals surface area (Å²) < 4.78 is 22.1. The van der Waals surface area contributed by atoms with Crippen LogP contribution < -0.4 is 4.74 Å². The Morgan fingerprint density at radius 2 is 2.30 bits per heavy atom. The lowest BCUT2D eigenvalue weighted by molar-refractivity contribution is -0.144. The minimum absolute atomic E-state index is 0.298. The summed E-state index contributed by atoms with van der Waals surface area (Å²) >= 11 is 0. The average Bonchev–Trinajstić information content (AvgIpc) is 2.91. The molecule has 0 N–H and O–H groups in total. The maximum atomic E-state index is 12.0. The maximum absolute atomic E-state index is 12.0. The van der Waals surface area contributed by atoms with Crippen LogP contribution in [0.15, 0.2) is 18.2 Å². The summed E-state index contributed by atoms with van der Waals surface area (Å²) in [6.07, 6.45) is 1.71. The van der Waals surface area contributed by atoms with Crippen molar-refractivity contribution in [1.82, 2.24) is 0 Å². The first-order valence-corrected chi connectivity index (χ1v) is 8.26. The molecule has 2 atom stereocenters. The molecule has 20 heavy (non-hydrogen) atoms. The monoisotopic (exact) mass is 296 g/mol. The number of esters is 1. The number of aryl methyl sites for hydroxylation is 1.